The maximum Gasteiger partial charge on any atom is 0.288 e. The Balaban J connectivity index is 1.85. The van der Waals surface area contributed by atoms with Gasteiger partial charge in [-0.3, -0.25) is 14.9 Å². The van der Waals surface area contributed by atoms with Crippen LogP contribution in [-0.4, -0.2) is 16.1 Å². The zero-order valence-electron chi connectivity index (χ0n) is 12.4. The number of hydrogen-bond donors (Lipinski definition) is 0. The molecule has 0 saturated heterocycles. The molecule has 6 nitrogen and oxygen atoms in total. The fourth-order valence-corrected chi connectivity index (χ4v) is 2.11. The number of nitrogens with zero attached hydrogens (tertiary/aromatic N) is 2. The summed E-state index contributed by atoms with van der Waals surface area (Å²) in [5.41, 5.74) is 0.144. The first-order valence-corrected chi connectivity index (χ1v) is 7.11. The van der Waals surface area contributed by atoms with Crippen LogP contribution in [0, 0.1) is 17.0 Å². The van der Waals surface area contributed by atoms with E-state index in [9.17, 15) is 14.9 Å². The summed E-state index contributed by atoms with van der Waals surface area (Å²) in [5.74, 6) is 0.811. The first kappa shape index (κ1) is 15.8. The summed E-state index contributed by atoms with van der Waals surface area (Å²) < 4.78 is 6.94. The van der Waals surface area contributed by atoms with Crippen molar-refractivity contribution < 1.29 is 9.66 Å². The van der Waals surface area contributed by atoms with Crippen molar-refractivity contribution in [2.45, 2.75) is 26.3 Å². The standard InChI is InChI=1S/C16H18N2O4/c1-13-11-16(19)17(12-15(13)18(20)21)9-5-6-10-22-14-7-3-2-4-8-14/h2-4,7-8,11-12H,5-6,9-10H2,1H3. The average molecular weight is 302 g/mol. The quantitative estimate of drug-likeness (QED) is 0.448. The number of pyridine rings is 1. The van der Waals surface area contributed by atoms with Crippen LogP contribution in [0.25, 0.3) is 0 Å². The van der Waals surface area contributed by atoms with Crippen LogP contribution in [0.4, 0.5) is 5.69 Å². The third kappa shape index (κ3) is 4.18. The maximum absolute atomic E-state index is 11.8. The number of rotatable bonds is 7. The first-order chi connectivity index (χ1) is 10.6. The molecule has 0 bridgehead atoms. The molecule has 0 N–H and O–H groups in total. The number of ether oxygens (including phenoxy) is 1. The lowest BCUT2D eigenvalue weighted by molar-refractivity contribution is -0.385. The molecule has 2 rings (SSSR count). The Morgan fingerprint density at radius 1 is 1.23 bits per heavy atom. The van der Waals surface area contributed by atoms with Crippen molar-refractivity contribution in [2.75, 3.05) is 6.61 Å². The summed E-state index contributed by atoms with van der Waals surface area (Å²) in [4.78, 5) is 22.2. The van der Waals surface area contributed by atoms with Gasteiger partial charge in [-0.1, -0.05) is 18.2 Å². The van der Waals surface area contributed by atoms with Crippen molar-refractivity contribution >= 4 is 5.69 Å². The van der Waals surface area contributed by atoms with Gasteiger partial charge in [-0.05, 0) is 31.9 Å². The van der Waals surface area contributed by atoms with Gasteiger partial charge in [0.05, 0.1) is 17.7 Å². The normalized spacial score (nSPS) is 10.4. The first-order valence-electron chi connectivity index (χ1n) is 7.11. The third-order valence-corrected chi connectivity index (χ3v) is 3.31. The van der Waals surface area contributed by atoms with Crippen molar-refractivity contribution in [3.63, 3.8) is 0 Å². The second-order valence-corrected chi connectivity index (χ2v) is 5.00. The van der Waals surface area contributed by atoms with Gasteiger partial charge in [0, 0.05) is 18.2 Å². The predicted molar refractivity (Wildman–Crippen MR) is 83.3 cm³/mol. The Bertz CT molecular complexity index is 695. The lowest BCUT2D eigenvalue weighted by atomic mass is 10.2. The molecular weight excluding hydrogens is 284 g/mol. The number of hydrogen-bond acceptors (Lipinski definition) is 4. The van der Waals surface area contributed by atoms with Crippen molar-refractivity contribution in [1.82, 2.24) is 4.57 Å². The van der Waals surface area contributed by atoms with Crippen molar-refractivity contribution in [3.05, 3.63) is 68.6 Å². The van der Waals surface area contributed by atoms with E-state index in [0.717, 1.165) is 12.2 Å². The van der Waals surface area contributed by atoms with Crippen LogP contribution < -0.4 is 10.3 Å². The van der Waals surface area contributed by atoms with Crippen molar-refractivity contribution in [1.29, 1.82) is 0 Å². The van der Waals surface area contributed by atoms with Crippen LogP contribution in [0.3, 0.4) is 0 Å². The van der Waals surface area contributed by atoms with Gasteiger partial charge in [-0.2, -0.15) is 0 Å². The Morgan fingerprint density at radius 2 is 1.95 bits per heavy atom. The molecule has 0 radical (unpaired) electrons. The highest BCUT2D eigenvalue weighted by molar-refractivity contribution is 5.35. The molecule has 1 heterocycles. The largest absolute Gasteiger partial charge is 0.494 e. The van der Waals surface area contributed by atoms with E-state index in [-0.39, 0.29) is 11.2 Å². The Morgan fingerprint density at radius 3 is 2.64 bits per heavy atom. The van der Waals surface area contributed by atoms with Crippen LogP contribution in [0.5, 0.6) is 5.75 Å². The van der Waals surface area contributed by atoms with Crippen LogP contribution in [0.15, 0.2) is 47.4 Å². The van der Waals surface area contributed by atoms with E-state index in [2.05, 4.69) is 0 Å². The topological polar surface area (TPSA) is 74.4 Å². The van der Waals surface area contributed by atoms with E-state index in [1.807, 2.05) is 30.3 Å². The number of aromatic nitrogens is 1. The molecule has 0 aliphatic rings. The minimum atomic E-state index is -0.468. The minimum Gasteiger partial charge on any atom is -0.494 e. The highest BCUT2D eigenvalue weighted by Gasteiger charge is 2.12. The second kappa shape index (κ2) is 7.40. The zero-order chi connectivity index (χ0) is 15.9. The van der Waals surface area contributed by atoms with Gasteiger partial charge < -0.3 is 9.30 Å². The van der Waals surface area contributed by atoms with E-state index in [4.69, 9.17) is 4.74 Å². The molecule has 0 saturated carbocycles. The minimum absolute atomic E-state index is 0.0277. The average Bonchev–Trinajstić information content (AvgIpc) is 2.49. The number of unbranched alkanes of at least 4 members (excludes halogenated alkanes) is 1. The van der Waals surface area contributed by atoms with E-state index in [0.29, 0.717) is 25.1 Å². The van der Waals surface area contributed by atoms with Crippen molar-refractivity contribution in [2.24, 2.45) is 0 Å². The lowest BCUT2D eigenvalue weighted by Gasteiger charge is -2.08. The summed E-state index contributed by atoms with van der Waals surface area (Å²) in [6.45, 7) is 2.56. The SMILES string of the molecule is Cc1cc(=O)n(CCCCOc2ccccc2)cc1[N+](=O)[O-]. The fourth-order valence-electron chi connectivity index (χ4n) is 2.11. The van der Waals surface area contributed by atoms with Crippen LogP contribution >= 0.6 is 0 Å². The van der Waals surface area contributed by atoms with Gasteiger partial charge in [0.1, 0.15) is 5.75 Å². The van der Waals surface area contributed by atoms with Gasteiger partial charge in [-0.25, -0.2) is 0 Å². The summed E-state index contributed by atoms with van der Waals surface area (Å²) in [6.07, 6.45) is 2.80. The summed E-state index contributed by atoms with van der Waals surface area (Å²) in [5, 5.41) is 10.9. The number of aryl methyl sites for hydroxylation is 2. The highest BCUT2D eigenvalue weighted by atomic mass is 16.6. The predicted octanol–water partition coefficient (Wildman–Crippen LogP) is 2.92. The van der Waals surface area contributed by atoms with Gasteiger partial charge >= 0.3 is 0 Å². The molecule has 22 heavy (non-hydrogen) atoms. The Kier molecular flexibility index (Phi) is 5.30. The molecule has 0 unspecified atom stereocenters. The molecule has 116 valence electrons. The van der Waals surface area contributed by atoms with Gasteiger partial charge in [0.15, 0.2) is 0 Å². The van der Waals surface area contributed by atoms with E-state index >= 15 is 0 Å². The molecule has 0 atom stereocenters. The van der Waals surface area contributed by atoms with Crippen LogP contribution in [0.1, 0.15) is 18.4 Å². The van der Waals surface area contributed by atoms with Crippen LogP contribution in [0.2, 0.25) is 0 Å². The van der Waals surface area contributed by atoms with E-state index < -0.39 is 4.92 Å². The Hall–Kier alpha value is -2.63. The molecule has 1 aromatic carbocycles. The molecule has 0 spiro atoms. The van der Waals surface area contributed by atoms with E-state index in [1.54, 1.807) is 6.92 Å². The third-order valence-electron chi connectivity index (χ3n) is 3.31. The second-order valence-electron chi connectivity index (χ2n) is 5.00. The van der Waals surface area contributed by atoms with Gasteiger partial charge in [-0.15, -0.1) is 0 Å². The number of para-hydroxylation sites is 1. The van der Waals surface area contributed by atoms with Gasteiger partial charge in [0.2, 0.25) is 0 Å². The van der Waals surface area contributed by atoms with Gasteiger partial charge in [0.25, 0.3) is 11.2 Å². The molecule has 0 amide bonds. The number of nitro groups is 1. The molecular formula is C16H18N2O4. The molecule has 6 heteroatoms. The monoisotopic (exact) mass is 302 g/mol. The summed E-state index contributed by atoms with van der Waals surface area (Å²) in [6, 6.07) is 10.8. The maximum atomic E-state index is 11.8. The Labute approximate surface area is 128 Å². The zero-order valence-corrected chi connectivity index (χ0v) is 12.4. The highest BCUT2D eigenvalue weighted by Crippen LogP contribution is 2.14. The van der Waals surface area contributed by atoms with Crippen molar-refractivity contribution in [3.8, 4) is 5.75 Å². The molecule has 2 aromatic rings. The molecule has 0 fully saturated rings. The fraction of sp³-hybridized carbons (Fsp3) is 0.312. The molecule has 1 aromatic heterocycles. The van der Waals surface area contributed by atoms with Crippen LogP contribution in [-0.2, 0) is 6.54 Å². The lowest BCUT2D eigenvalue weighted by Crippen LogP contribution is -2.20. The summed E-state index contributed by atoms with van der Waals surface area (Å²) in [7, 11) is 0. The molecule has 0 aliphatic heterocycles. The smallest absolute Gasteiger partial charge is 0.288 e. The van der Waals surface area contributed by atoms with E-state index in [1.165, 1.54) is 16.8 Å². The summed E-state index contributed by atoms with van der Waals surface area (Å²) >= 11 is 0. The number of benzene rings is 1. The molecule has 0 aliphatic carbocycles.